The summed E-state index contributed by atoms with van der Waals surface area (Å²) in [6.07, 6.45) is 5.00. The van der Waals surface area contributed by atoms with E-state index < -0.39 is 5.97 Å². The molecule has 0 aromatic carbocycles. The summed E-state index contributed by atoms with van der Waals surface area (Å²) in [4.78, 5) is 15.7. The predicted molar refractivity (Wildman–Crippen MR) is 67.0 cm³/mol. The highest BCUT2D eigenvalue weighted by Gasteiger charge is 2.16. The third-order valence-corrected chi connectivity index (χ3v) is 2.60. The van der Waals surface area contributed by atoms with Crippen LogP contribution in [-0.2, 0) is 11.3 Å². The van der Waals surface area contributed by atoms with Crippen molar-refractivity contribution in [3.8, 4) is 5.88 Å². The summed E-state index contributed by atoms with van der Waals surface area (Å²) in [5, 5.41) is 6.43. The average Bonchev–Trinajstić information content (AvgIpc) is 3.00. The van der Waals surface area contributed by atoms with Gasteiger partial charge in [0.05, 0.1) is 19.3 Å². The predicted octanol–water partition coefficient (Wildman–Crippen LogP) is 1.17. The molecule has 0 fully saturated rings. The van der Waals surface area contributed by atoms with Gasteiger partial charge in [0.2, 0.25) is 5.88 Å². The van der Waals surface area contributed by atoms with Gasteiger partial charge in [-0.15, -0.1) is 0 Å². The summed E-state index contributed by atoms with van der Waals surface area (Å²) < 4.78 is 12.4. The number of H-pyrrole nitrogens is 1. The normalized spacial score (nSPS) is 10.4. The first-order valence-electron chi connectivity index (χ1n) is 6.03. The Morgan fingerprint density at radius 2 is 2.37 bits per heavy atom. The summed E-state index contributed by atoms with van der Waals surface area (Å²) in [6.45, 7) is 5.04. The zero-order valence-electron chi connectivity index (χ0n) is 10.9. The van der Waals surface area contributed by atoms with Crippen LogP contribution in [0.15, 0.2) is 18.6 Å². The lowest BCUT2D eigenvalue weighted by Gasteiger charge is -2.07. The molecule has 0 unspecified atom stereocenters. The number of esters is 1. The Hall–Kier alpha value is -2.31. The number of carbonyl (C=O) groups excluding carboxylic acids is 1. The van der Waals surface area contributed by atoms with Crippen LogP contribution in [0.1, 0.15) is 23.1 Å². The van der Waals surface area contributed by atoms with Gasteiger partial charge in [-0.25, -0.2) is 14.9 Å². The van der Waals surface area contributed by atoms with Crippen LogP contribution in [0.25, 0.3) is 0 Å². The maximum atomic E-state index is 11.6. The van der Waals surface area contributed by atoms with Crippen molar-refractivity contribution in [1.29, 1.82) is 0 Å². The Morgan fingerprint density at radius 1 is 1.53 bits per heavy atom. The molecule has 2 aromatic heterocycles. The van der Waals surface area contributed by atoms with E-state index in [-0.39, 0.29) is 0 Å². The minimum atomic E-state index is -0.440. The van der Waals surface area contributed by atoms with E-state index >= 15 is 0 Å². The molecule has 0 amide bonds. The van der Waals surface area contributed by atoms with E-state index in [4.69, 9.17) is 9.47 Å². The molecule has 0 atom stereocenters. The Bertz CT molecular complexity index is 547. The van der Waals surface area contributed by atoms with Crippen LogP contribution in [0.5, 0.6) is 5.88 Å². The van der Waals surface area contributed by atoms with Crippen molar-refractivity contribution in [2.24, 2.45) is 0 Å². The van der Waals surface area contributed by atoms with Crippen molar-refractivity contribution in [3.63, 3.8) is 0 Å². The average molecular weight is 264 g/mol. The summed E-state index contributed by atoms with van der Waals surface area (Å²) in [5.41, 5.74) is 0.309. The lowest BCUT2D eigenvalue weighted by molar-refractivity contribution is 0.0521. The molecule has 19 heavy (non-hydrogen) atoms. The van der Waals surface area contributed by atoms with Crippen LogP contribution in [-0.4, -0.2) is 38.9 Å². The van der Waals surface area contributed by atoms with Gasteiger partial charge in [0.25, 0.3) is 0 Å². The Labute approximate surface area is 110 Å². The number of hydrogen-bond donors (Lipinski definition) is 1. The van der Waals surface area contributed by atoms with Gasteiger partial charge < -0.3 is 14.0 Å². The van der Waals surface area contributed by atoms with Gasteiger partial charge in [0, 0.05) is 12.4 Å². The number of carbonyl (C=O) groups is 1. The highest BCUT2D eigenvalue weighted by molar-refractivity contribution is 5.91. The van der Waals surface area contributed by atoms with E-state index in [1.165, 1.54) is 6.20 Å². The van der Waals surface area contributed by atoms with Crippen LogP contribution in [0.4, 0.5) is 0 Å². The second-order valence-corrected chi connectivity index (χ2v) is 3.85. The van der Waals surface area contributed by atoms with Crippen molar-refractivity contribution in [2.75, 3.05) is 13.2 Å². The molecule has 0 aliphatic rings. The molecule has 1 N–H and O–H groups in total. The number of hydrogen-bond acceptors (Lipinski definition) is 5. The van der Waals surface area contributed by atoms with E-state index in [0.29, 0.717) is 31.2 Å². The first-order valence-corrected chi connectivity index (χ1v) is 6.03. The van der Waals surface area contributed by atoms with E-state index in [1.807, 2.05) is 17.7 Å². The Balaban J connectivity index is 1.91. The van der Waals surface area contributed by atoms with E-state index in [2.05, 4.69) is 15.2 Å². The number of rotatable bonds is 6. The van der Waals surface area contributed by atoms with Crippen LogP contribution < -0.4 is 4.74 Å². The van der Waals surface area contributed by atoms with Gasteiger partial charge in [-0.3, -0.25) is 0 Å². The van der Waals surface area contributed by atoms with Gasteiger partial charge in [-0.1, -0.05) is 0 Å². The molecule has 0 aliphatic heterocycles. The summed E-state index contributed by atoms with van der Waals surface area (Å²) in [5.74, 6) is 0.806. The number of ether oxygens (including phenoxy) is 2. The maximum Gasteiger partial charge on any atom is 0.345 e. The van der Waals surface area contributed by atoms with E-state index in [9.17, 15) is 4.79 Å². The molecule has 2 heterocycles. The van der Waals surface area contributed by atoms with Gasteiger partial charge in [0.1, 0.15) is 18.0 Å². The molecular weight excluding hydrogens is 248 g/mol. The number of aromatic amines is 1. The van der Waals surface area contributed by atoms with Crippen molar-refractivity contribution < 1.29 is 14.3 Å². The summed E-state index contributed by atoms with van der Waals surface area (Å²) in [6, 6.07) is 0. The summed E-state index contributed by atoms with van der Waals surface area (Å²) in [7, 11) is 0. The molecule has 0 radical (unpaired) electrons. The highest BCUT2D eigenvalue weighted by atomic mass is 16.5. The molecule has 2 aromatic rings. The summed E-state index contributed by atoms with van der Waals surface area (Å²) >= 11 is 0. The Morgan fingerprint density at radius 3 is 3.05 bits per heavy atom. The molecule has 7 heteroatoms. The fourth-order valence-electron chi connectivity index (χ4n) is 1.62. The number of imidazole rings is 1. The number of nitrogens with zero attached hydrogens (tertiary/aromatic N) is 3. The van der Waals surface area contributed by atoms with Gasteiger partial charge >= 0.3 is 5.97 Å². The number of aryl methyl sites for hydroxylation is 1. The molecule has 2 rings (SSSR count). The lowest BCUT2D eigenvalue weighted by atomic mass is 10.3. The van der Waals surface area contributed by atoms with Gasteiger partial charge in [-0.2, -0.15) is 5.10 Å². The zero-order chi connectivity index (χ0) is 13.7. The van der Waals surface area contributed by atoms with Crippen molar-refractivity contribution >= 4 is 5.97 Å². The minimum absolute atomic E-state index is 0.309. The molecule has 7 nitrogen and oxygen atoms in total. The zero-order valence-corrected chi connectivity index (χ0v) is 10.9. The van der Waals surface area contributed by atoms with Gasteiger partial charge in [-0.05, 0) is 13.8 Å². The van der Waals surface area contributed by atoms with Crippen molar-refractivity contribution in [3.05, 3.63) is 30.0 Å². The fraction of sp³-hybridized carbons (Fsp3) is 0.417. The molecule has 102 valence electrons. The van der Waals surface area contributed by atoms with E-state index in [0.717, 1.165) is 5.82 Å². The fourth-order valence-corrected chi connectivity index (χ4v) is 1.62. The molecule has 0 spiro atoms. The van der Waals surface area contributed by atoms with Crippen molar-refractivity contribution in [1.82, 2.24) is 19.7 Å². The highest BCUT2D eigenvalue weighted by Crippen LogP contribution is 2.15. The second kappa shape index (κ2) is 6.03. The smallest absolute Gasteiger partial charge is 0.345 e. The van der Waals surface area contributed by atoms with Crippen LogP contribution >= 0.6 is 0 Å². The molecule has 0 bridgehead atoms. The van der Waals surface area contributed by atoms with Gasteiger partial charge in [0.15, 0.2) is 0 Å². The molecule has 0 aliphatic carbocycles. The second-order valence-electron chi connectivity index (χ2n) is 3.85. The third kappa shape index (κ3) is 3.12. The van der Waals surface area contributed by atoms with Crippen LogP contribution in [0.2, 0.25) is 0 Å². The molecule has 0 saturated carbocycles. The minimum Gasteiger partial charge on any atom is -0.475 e. The number of nitrogens with one attached hydrogen (secondary N) is 1. The third-order valence-electron chi connectivity index (χ3n) is 2.60. The largest absolute Gasteiger partial charge is 0.475 e. The quantitative estimate of drug-likeness (QED) is 0.792. The molecular formula is C12H16N4O3. The number of aromatic nitrogens is 4. The maximum absolute atomic E-state index is 11.6. The monoisotopic (exact) mass is 264 g/mol. The lowest BCUT2D eigenvalue weighted by Crippen LogP contribution is -2.11. The first kappa shape index (κ1) is 13.1. The first-order chi connectivity index (χ1) is 9.22. The van der Waals surface area contributed by atoms with Crippen LogP contribution in [0.3, 0.4) is 0 Å². The molecule has 0 saturated heterocycles. The van der Waals surface area contributed by atoms with Crippen molar-refractivity contribution in [2.45, 2.75) is 20.4 Å². The topological polar surface area (TPSA) is 82.0 Å². The van der Waals surface area contributed by atoms with E-state index in [1.54, 1.807) is 13.1 Å². The SMILES string of the molecule is CCOC(=O)c1cn[nH]c1OCCn1ccnc1C. The standard InChI is InChI=1S/C12H16N4O3/c1-3-18-12(17)10-8-14-15-11(10)19-7-6-16-5-4-13-9(16)2/h4-5,8H,3,6-7H2,1-2H3,(H,14,15). The Kier molecular flexibility index (Phi) is 4.17. The van der Waals surface area contributed by atoms with Crippen LogP contribution in [0, 0.1) is 6.92 Å².